The summed E-state index contributed by atoms with van der Waals surface area (Å²) in [5.74, 6) is 0.591. The number of carbonyl (C=O) groups is 1. The van der Waals surface area contributed by atoms with E-state index < -0.39 is 0 Å². The molecule has 0 aromatic heterocycles. The molecule has 1 saturated carbocycles. The number of benzene rings is 1. The molecule has 1 aliphatic carbocycles. The van der Waals surface area contributed by atoms with Gasteiger partial charge in [0.2, 0.25) is 0 Å². The number of rotatable bonds is 5. The number of aliphatic hydroxyl groups excluding tert-OH is 1. The molecule has 0 bridgehead atoms. The SMILES string of the molecule is O=C(COc1ccc(Cl)cc1Cl)NCC1CCC(O)C1. The molecule has 2 N–H and O–H groups in total. The zero-order valence-corrected chi connectivity index (χ0v) is 12.5. The third-order valence-corrected chi connectivity index (χ3v) is 3.88. The third-order valence-electron chi connectivity index (χ3n) is 3.35. The van der Waals surface area contributed by atoms with Gasteiger partial charge in [0.1, 0.15) is 5.75 Å². The van der Waals surface area contributed by atoms with Crippen LogP contribution in [0.1, 0.15) is 19.3 Å². The Balaban J connectivity index is 1.72. The fourth-order valence-corrected chi connectivity index (χ4v) is 2.74. The largest absolute Gasteiger partial charge is 0.482 e. The fourth-order valence-electron chi connectivity index (χ4n) is 2.28. The summed E-state index contributed by atoms with van der Waals surface area (Å²) in [5, 5.41) is 13.1. The van der Waals surface area contributed by atoms with E-state index in [-0.39, 0.29) is 18.6 Å². The van der Waals surface area contributed by atoms with Crippen molar-refractivity contribution in [2.75, 3.05) is 13.2 Å². The van der Waals surface area contributed by atoms with Crippen molar-refractivity contribution in [3.05, 3.63) is 28.2 Å². The van der Waals surface area contributed by atoms with Crippen molar-refractivity contribution < 1.29 is 14.6 Å². The molecule has 1 aliphatic rings. The van der Waals surface area contributed by atoms with Gasteiger partial charge in [-0.15, -0.1) is 0 Å². The van der Waals surface area contributed by atoms with Crippen LogP contribution in [0, 0.1) is 5.92 Å². The van der Waals surface area contributed by atoms with Crippen molar-refractivity contribution in [2.45, 2.75) is 25.4 Å². The van der Waals surface area contributed by atoms with Gasteiger partial charge in [-0.2, -0.15) is 0 Å². The number of carbonyl (C=O) groups excluding carboxylic acids is 1. The predicted molar refractivity (Wildman–Crippen MR) is 78.3 cm³/mol. The van der Waals surface area contributed by atoms with Gasteiger partial charge in [0.05, 0.1) is 11.1 Å². The first-order valence-electron chi connectivity index (χ1n) is 6.57. The smallest absolute Gasteiger partial charge is 0.257 e. The lowest BCUT2D eigenvalue weighted by Gasteiger charge is -2.12. The van der Waals surface area contributed by atoms with E-state index in [9.17, 15) is 9.90 Å². The molecule has 0 spiro atoms. The first kappa shape index (κ1) is 15.4. The van der Waals surface area contributed by atoms with Gasteiger partial charge in [-0.05, 0) is 43.4 Å². The highest BCUT2D eigenvalue weighted by molar-refractivity contribution is 6.35. The second-order valence-electron chi connectivity index (χ2n) is 5.00. The molecular formula is C14H17Cl2NO3. The van der Waals surface area contributed by atoms with E-state index in [1.165, 1.54) is 0 Å². The monoisotopic (exact) mass is 317 g/mol. The van der Waals surface area contributed by atoms with Crippen LogP contribution in [0.3, 0.4) is 0 Å². The summed E-state index contributed by atoms with van der Waals surface area (Å²) in [7, 11) is 0. The number of hydrogen-bond acceptors (Lipinski definition) is 3. The van der Waals surface area contributed by atoms with Crippen LogP contribution in [-0.4, -0.2) is 30.3 Å². The van der Waals surface area contributed by atoms with Crippen molar-refractivity contribution in [2.24, 2.45) is 5.92 Å². The van der Waals surface area contributed by atoms with E-state index in [0.29, 0.717) is 28.3 Å². The highest BCUT2D eigenvalue weighted by Crippen LogP contribution is 2.27. The standard InChI is InChI=1S/C14H17Cl2NO3/c15-10-2-4-13(12(16)6-10)20-8-14(19)17-7-9-1-3-11(18)5-9/h2,4,6,9,11,18H,1,3,5,7-8H2,(H,17,19). The van der Waals surface area contributed by atoms with Crippen molar-refractivity contribution in [1.82, 2.24) is 5.32 Å². The molecular weight excluding hydrogens is 301 g/mol. The average Bonchev–Trinajstić information content (AvgIpc) is 2.81. The van der Waals surface area contributed by atoms with Gasteiger partial charge < -0.3 is 15.2 Å². The summed E-state index contributed by atoms with van der Waals surface area (Å²) in [6.07, 6.45) is 2.30. The molecule has 2 rings (SSSR count). The number of aliphatic hydroxyl groups is 1. The summed E-state index contributed by atoms with van der Waals surface area (Å²) < 4.78 is 5.34. The minimum atomic E-state index is -0.221. The van der Waals surface area contributed by atoms with E-state index in [2.05, 4.69) is 5.32 Å². The molecule has 1 amide bonds. The average molecular weight is 318 g/mol. The minimum absolute atomic E-state index is 0.0867. The Bertz CT molecular complexity index is 481. The van der Waals surface area contributed by atoms with Crippen LogP contribution in [0.5, 0.6) is 5.75 Å². The number of amides is 1. The van der Waals surface area contributed by atoms with Crippen molar-refractivity contribution in [1.29, 1.82) is 0 Å². The molecule has 0 radical (unpaired) electrons. The normalized spacial score (nSPS) is 21.8. The number of hydrogen-bond donors (Lipinski definition) is 2. The zero-order valence-electron chi connectivity index (χ0n) is 10.9. The predicted octanol–water partition coefficient (Wildman–Crippen LogP) is 2.65. The van der Waals surface area contributed by atoms with Crippen molar-refractivity contribution >= 4 is 29.1 Å². The quantitative estimate of drug-likeness (QED) is 0.877. The first-order chi connectivity index (χ1) is 9.54. The van der Waals surface area contributed by atoms with E-state index in [4.69, 9.17) is 27.9 Å². The maximum Gasteiger partial charge on any atom is 0.257 e. The second kappa shape index (κ2) is 7.16. The Hall–Kier alpha value is -0.970. The van der Waals surface area contributed by atoms with Gasteiger partial charge in [-0.25, -0.2) is 0 Å². The van der Waals surface area contributed by atoms with E-state index in [1.807, 2.05) is 0 Å². The van der Waals surface area contributed by atoms with Crippen LogP contribution in [0.4, 0.5) is 0 Å². The Morgan fingerprint density at radius 2 is 2.20 bits per heavy atom. The van der Waals surface area contributed by atoms with Crippen LogP contribution in [0.2, 0.25) is 10.0 Å². The lowest BCUT2D eigenvalue weighted by atomic mass is 10.1. The molecule has 1 aromatic rings. The Labute approximate surface area is 128 Å². The number of ether oxygens (including phenoxy) is 1. The molecule has 110 valence electrons. The Kier molecular flexibility index (Phi) is 5.52. The molecule has 6 heteroatoms. The summed E-state index contributed by atoms with van der Waals surface area (Å²) in [4.78, 5) is 11.7. The number of halogens is 2. The third kappa shape index (κ3) is 4.54. The molecule has 1 fully saturated rings. The van der Waals surface area contributed by atoms with Crippen LogP contribution in [-0.2, 0) is 4.79 Å². The van der Waals surface area contributed by atoms with Crippen molar-refractivity contribution in [3.8, 4) is 5.75 Å². The summed E-state index contributed by atoms with van der Waals surface area (Å²) in [6, 6.07) is 4.85. The molecule has 0 saturated heterocycles. The lowest BCUT2D eigenvalue weighted by molar-refractivity contribution is -0.123. The van der Waals surface area contributed by atoms with E-state index in [0.717, 1.165) is 19.3 Å². The van der Waals surface area contributed by atoms with Crippen LogP contribution >= 0.6 is 23.2 Å². The van der Waals surface area contributed by atoms with Gasteiger partial charge in [0.25, 0.3) is 5.91 Å². The van der Waals surface area contributed by atoms with Gasteiger partial charge in [0.15, 0.2) is 6.61 Å². The fraction of sp³-hybridized carbons (Fsp3) is 0.500. The van der Waals surface area contributed by atoms with Crippen LogP contribution in [0.15, 0.2) is 18.2 Å². The Morgan fingerprint density at radius 3 is 2.85 bits per heavy atom. The molecule has 4 nitrogen and oxygen atoms in total. The molecule has 2 atom stereocenters. The molecule has 2 unspecified atom stereocenters. The summed E-state index contributed by atoms with van der Waals surface area (Å²) in [6.45, 7) is 0.490. The summed E-state index contributed by atoms with van der Waals surface area (Å²) >= 11 is 11.7. The highest BCUT2D eigenvalue weighted by atomic mass is 35.5. The Morgan fingerprint density at radius 1 is 1.40 bits per heavy atom. The molecule has 0 aliphatic heterocycles. The van der Waals surface area contributed by atoms with Gasteiger partial charge in [0, 0.05) is 11.6 Å². The maximum atomic E-state index is 11.7. The van der Waals surface area contributed by atoms with E-state index in [1.54, 1.807) is 18.2 Å². The van der Waals surface area contributed by atoms with Gasteiger partial charge in [-0.1, -0.05) is 23.2 Å². The first-order valence-corrected chi connectivity index (χ1v) is 7.33. The molecule has 1 aromatic carbocycles. The minimum Gasteiger partial charge on any atom is -0.482 e. The lowest BCUT2D eigenvalue weighted by Crippen LogP contribution is -2.32. The summed E-state index contributed by atoms with van der Waals surface area (Å²) in [5.41, 5.74) is 0. The topological polar surface area (TPSA) is 58.6 Å². The second-order valence-corrected chi connectivity index (χ2v) is 5.84. The molecule has 0 heterocycles. The van der Waals surface area contributed by atoms with E-state index >= 15 is 0 Å². The highest BCUT2D eigenvalue weighted by Gasteiger charge is 2.22. The maximum absolute atomic E-state index is 11.7. The van der Waals surface area contributed by atoms with Gasteiger partial charge in [-0.3, -0.25) is 4.79 Å². The van der Waals surface area contributed by atoms with Crippen LogP contribution < -0.4 is 10.1 Å². The van der Waals surface area contributed by atoms with Gasteiger partial charge >= 0.3 is 0 Å². The van der Waals surface area contributed by atoms with Crippen LogP contribution in [0.25, 0.3) is 0 Å². The van der Waals surface area contributed by atoms with Crippen molar-refractivity contribution in [3.63, 3.8) is 0 Å². The molecule has 20 heavy (non-hydrogen) atoms. The number of nitrogens with one attached hydrogen (secondary N) is 1. The zero-order chi connectivity index (χ0) is 14.5.